The highest BCUT2D eigenvalue weighted by atomic mass is 16.3. The van der Waals surface area contributed by atoms with Crippen molar-refractivity contribution < 1.29 is 10.2 Å². The first-order chi connectivity index (χ1) is 5.34. The number of benzene rings is 1. The van der Waals surface area contributed by atoms with Gasteiger partial charge in [-0.3, -0.25) is 5.32 Å². The molecule has 0 saturated heterocycles. The van der Waals surface area contributed by atoms with Crippen molar-refractivity contribution in [2.75, 3.05) is 6.73 Å². The van der Waals surface area contributed by atoms with E-state index >= 15 is 0 Å². The second-order valence-electron chi connectivity index (χ2n) is 2.18. The van der Waals surface area contributed by atoms with Crippen molar-refractivity contribution in [2.45, 2.75) is 6.23 Å². The van der Waals surface area contributed by atoms with Crippen LogP contribution in [0.5, 0.6) is 0 Å². The van der Waals surface area contributed by atoms with Crippen molar-refractivity contribution in [3.8, 4) is 0 Å². The number of hydrogen-bond donors (Lipinski definition) is 3. The van der Waals surface area contributed by atoms with E-state index in [-0.39, 0.29) is 6.73 Å². The first-order valence-corrected chi connectivity index (χ1v) is 3.42. The summed E-state index contributed by atoms with van der Waals surface area (Å²) >= 11 is 0. The number of aliphatic hydroxyl groups is 2. The van der Waals surface area contributed by atoms with Gasteiger partial charge in [-0.1, -0.05) is 30.3 Å². The summed E-state index contributed by atoms with van der Waals surface area (Å²) in [5.41, 5.74) is 0.751. The minimum Gasteiger partial charge on any atom is -0.381 e. The summed E-state index contributed by atoms with van der Waals surface area (Å²) in [7, 11) is 0. The minimum atomic E-state index is -0.777. The van der Waals surface area contributed by atoms with E-state index in [0.29, 0.717) is 0 Å². The summed E-state index contributed by atoms with van der Waals surface area (Å²) in [6.07, 6.45) is -0.777. The van der Waals surface area contributed by atoms with Gasteiger partial charge in [0, 0.05) is 0 Å². The molecule has 0 aliphatic carbocycles. The van der Waals surface area contributed by atoms with Crippen LogP contribution in [0.1, 0.15) is 11.8 Å². The maximum absolute atomic E-state index is 9.25. The van der Waals surface area contributed by atoms with Gasteiger partial charge in [0.15, 0.2) is 0 Å². The van der Waals surface area contributed by atoms with E-state index < -0.39 is 6.23 Å². The van der Waals surface area contributed by atoms with Gasteiger partial charge >= 0.3 is 0 Å². The number of nitrogens with one attached hydrogen (secondary N) is 1. The molecule has 3 nitrogen and oxygen atoms in total. The molecule has 3 heteroatoms. The largest absolute Gasteiger partial charge is 0.381 e. The van der Waals surface area contributed by atoms with Gasteiger partial charge in [0.2, 0.25) is 0 Å². The predicted octanol–water partition coefficient (Wildman–Crippen LogP) is 0.217. The zero-order valence-corrected chi connectivity index (χ0v) is 6.07. The molecular weight excluding hydrogens is 142 g/mol. The van der Waals surface area contributed by atoms with Gasteiger partial charge in [0.1, 0.15) is 6.23 Å². The second-order valence-corrected chi connectivity index (χ2v) is 2.18. The molecule has 0 radical (unpaired) electrons. The van der Waals surface area contributed by atoms with Crippen LogP contribution in [0.3, 0.4) is 0 Å². The monoisotopic (exact) mass is 153 g/mol. The summed E-state index contributed by atoms with van der Waals surface area (Å²) < 4.78 is 0. The van der Waals surface area contributed by atoms with Crippen LogP contribution in [0, 0.1) is 0 Å². The Kier molecular flexibility index (Phi) is 3.04. The van der Waals surface area contributed by atoms with Gasteiger partial charge in [-0.15, -0.1) is 0 Å². The average molecular weight is 153 g/mol. The summed E-state index contributed by atoms with van der Waals surface area (Å²) in [5.74, 6) is 0. The summed E-state index contributed by atoms with van der Waals surface area (Å²) in [5, 5.41) is 20.1. The standard InChI is InChI=1S/C8H11NO2/c10-6-9-8(11)7-4-2-1-3-5-7/h1-5,8-11H,6H2. The van der Waals surface area contributed by atoms with Crippen LogP contribution in [-0.2, 0) is 0 Å². The van der Waals surface area contributed by atoms with Crippen LogP contribution in [0.2, 0.25) is 0 Å². The molecule has 1 atom stereocenters. The molecule has 0 spiro atoms. The fourth-order valence-corrected chi connectivity index (χ4v) is 0.840. The smallest absolute Gasteiger partial charge is 0.132 e. The van der Waals surface area contributed by atoms with Gasteiger partial charge in [0.05, 0.1) is 6.73 Å². The summed E-state index contributed by atoms with van der Waals surface area (Å²) in [6, 6.07) is 9.10. The fourth-order valence-electron chi connectivity index (χ4n) is 0.840. The molecule has 0 amide bonds. The Balaban J connectivity index is 2.61. The molecule has 0 aromatic heterocycles. The molecule has 1 rings (SSSR count). The number of rotatable bonds is 3. The molecule has 0 saturated carbocycles. The Labute approximate surface area is 65.3 Å². The van der Waals surface area contributed by atoms with E-state index in [0.717, 1.165) is 5.56 Å². The van der Waals surface area contributed by atoms with E-state index in [1.807, 2.05) is 18.2 Å². The highest BCUT2D eigenvalue weighted by molar-refractivity contribution is 5.16. The minimum absolute atomic E-state index is 0.226. The topological polar surface area (TPSA) is 52.5 Å². The third kappa shape index (κ3) is 2.31. The van der Waals surface area contributed by atoms with Crippen LogP contribution in [0.4, 0.5) is 0 Å². The Bertz CT molecular complexity index is 201. The molecule has 1 aromatic carbocycles. The highest BCUT2D eigenvalue weighted by Gasteiger charge is 2.02. The molecule has 1 aromatic rings. The summed E-state index contributed by atoms with van der Waals surface area (Å²) in [4.78, 5) is 0. The van der Waals surface area contributed by atoms with Crippen molar-refractivity contribution in [1.82, 2.24) is 5.32 Å². The van der Waals surface area contributed by atoms with E-state index in [1.54, 1.807) is 12.1 Å². The molecule has 0 bridgehead atoms. The van der Waals surface area contributed by atoms with Crippen LogP contribution < -0.4 is 5.32 Å². The SMILES string of the molecule is OCNC(O)c1ccccc1. The zero-order chi connectivity index (χ0) is 8.10. The molecule has 0 aliphatic rings. The van der Waals surface area contributed by atoms with Crippen LogP contribution >= 0.6 is 0 Å². The zero-order valence-electron chi connectivity index (χ0n) is 6.07. The van der Waals surface area contributed by atoms with Crippen LogP contribution in [-0.4, -0.2) is 16.9 Å². The quantitative estimate of drug-likeness (QED) is 0.544. The van der Waals surface area contributed by atoms with Crippen LogP contribution in [0.25, 0.3) is 0 Å². The number of hydrogen-bond acceptors (Lipinski definition) is 3. The van der Waals surface area contributed by atoms with Gasteiger partial charge < -0.3 is 10.2 Å². The van der Waals surface area contributed by atoms with Crippen LogP contribution in [0.15, 0.2) is 30.3 Å². The van der Waals surface area contributed by atoms with Crippen molar-refractivity contribution in [3.05, 3.63) is 35.9 Å². The Morgan fingerprint density at radius 2 is 1.91 bits per heavy atom. The molecule has 0 heterocycles. The fraction of sp³-hybridized carbons (Fsp3) is 0.250. The van der Waals surface area contributed by atoms with E-state index in [2.05, 4.69) is 5.32 Å². The normalized spacial score (nSPS) is 12.9. The van der Waals surface area contributed by atoms with E-state index in [9.17, 15) is 5.11 Å². The first kappa shape index (κ1) is 8.20. The van der Waals surface area contributed by atoms with Gasteiger partial charge in [-0.25, -0.2) is 0 Å². The highest BCUT2D eigenvalue weighted by Crippen LogP contribution is 2.07. The molecular formula is C8H11NO2. The van der Waals surface area contributed by atoms with Crippen molar-refractivity contribution >= 4 is 0 Å². The number of aliphatic hydroxyl groups excluding tert-OH is 2. The lowest BCUT2D eigenvalue weighted by molar-refractivity contribution is 0.0981. The lowest BCUT2D eigenvalue weighted by Gasteiger charge is -2.09. The average Bonchev–Trinajstić information content (AvgIpc) is 2.07. The molecule has 0 fully saturated rings. The van der Waals surface area contributed by atoms with Crippen molar-refractivity contribution in [3.63, 3.8) is 0 Å². The maximum Gasteiger partial charge on any atom is 0.132 e. The first-order valence-electron chi connectivity index (χ1n) is 3.42. The molecule has 0 aliphatic heterocycles. The molecule has 11 heavy (non-hydrogen) atoms. The van der Waals surface area contributed by atoms with E-state index in [4.69, 9.17) is 5.11 Å². The van der Waals surface area contributed by atoms with Crippen molar-refractivity contribution in [2.24, 2.45) is 0 Å². The van der Waals surface area contributed by atoms with Gasteiger partial charge in [-0.05, 0) is 5.56 Å². The molecule has 3 N–H and O–H groups in total. The predicted molar refractivity (Wildman–Crippen MR) is 41.6 cm³/mol. The second kappa shape index (κ2) is 4.08. The van der Waals surface area contributed by atoms with Crippen molar-refractivity contribution in [1.29, 1.82) is 0 Å². The molecule has 1 unspecified atom stereocenters. The van der Waals surface area contributed by atoms with E-state index in [1.165, 1.54) is 0 Å². The lowest BCUT2D eigenvalue weighted by Crippen LogP contribution is -2.21. The Hall–Kier alpha value is -0.900. The Morgan fingerprint density at radius 3 is 2.45 bits per heavy atom. The maximum atomic E-state index is 9.25. The Morgan fingerprint density at radius 1 is 1.27 bits per heavy atom. The third-order valence-corrected chi connectivity index (χ3v) is 1.40. The van der Waals surface area contributed by atoms with Gasteiger partial charge in [0.25, 0.3) is 0 Å². The van der Waals surface area contributed by atoms with Gasteiger partial charge in [-0.2, -0.15) is 0 Å². The summed E-state index contributed by atoms with van der Waals surface area (Å²) in [6.45, 7) is -0.226. The third-order valence-electron chi connectivity index (χ3n) is 1.40. The lowest BCUT2D eigenvalue weighted by atomic mass is 10.2. The molecule has 60 valence electrons.